The minimum atomic E-state index is -0.264. The number of epoxide rings is 2. The van der Waals surface area contributed by atoms with Crippen LogP contribution in [0, 0.1) is 11.8 Å². The lowest BCUT2D eigenvalue weighted by molar-refractivity contribution is -0.140. The molecule has 0 aromatic heterocycles. The number of hydrogen-bond donors (Lipinski definition) is 0. The first-order chi connectivity index (χ1) is 22.2. The highest BCUT2D eigenvalue weighted by Gasteiger charge is 2.62. The molecule has 2 aliphatic carbocycles. The zero-order valence-electron chi connectivity index (χ0n) is 27.8. The Balaban J connectivity index is 0.849. The standard InChI is InChI=1S/C38H52N2O6/c1-25-29-17-15-27(13-11-19-37(3)33(45-37)31(29)43-35(25)41)23-39-21-9-7-5-6-8-10-22-40-24-28-14-12-20-38(4)34(46-38)32-30(18-16-28)26(2)36(42)44-32/h13-14,23-24,29-34H,1-2,5-12,15-22H2,3-4H3/b27-13+,28-14+,39-23?,40-24?/t29-,30-,31-,32-,33-,34-,37+,38+/m0/s1. The van der Waals surface area contributed by atoms with Gasteiger partial charge in [-0.1, -0.05) is 51.0 Å². The highest BCUT2D eigenvalue weighted by molar-refractivity contribution is 5.91. The molecule has 0 amide bonds. The topological polar surface area (TPSA) is 102 Å². The van der Waals surface area contributed by atoms with E-state index in [1.807, 2.05) is 12.4 Å². The van der Waals surface area contributed by atoms with Crippen LogP contribution in [0.3, 0.4) is 0 Å². The van der Waals surface area contributed by atoms with Crippen molar-refractivity contribution in [1.29, 1.82) is 0 Å². The number of esters is 2. The summed E-state index contributed by atoms with van der Waals surface area (Å²) in [4.78, 5) is 33.9. The van der Waals surface area contributed by atoms with E-state index < -0.39 is 0 Å². The molecule has 0 saturated carbocycles. The maximum Gasteiger partial charge on any atom is 0.334 e. The van der Waals surface area contributed by atoms with E-state index in [-0.39, 0.29) is 59.4 Å². The lowest BCUT2D eigenvalue weighted by Gasteiger charge is -2.19. The van der Waals surface area contributed by atoms with Crippen LogP contribution in [0.2, 0.25) is 0 Å². The molecule has 0 N–H and O–H groups in total. The molecule has 46 heavy (non-hydrogen) atoms. The van der Waals surface area contributed by atoms with Gasteiger partial charge in [-0.3, -0.25) is 9.98 Å². The Labute approximate surface area is 274 Å². The van der Waals surface area contributed by atoms with Gasteiger partial charge in [0.1, 0.15) is 24.4 Å². The van der Waals surface area contributed by atoms with E-state index >= 15 is 0 Å². The van der Waals surface area contributed by atoms with E-state index in [1.54, 1.807) is 0 Å². The lowest BCUT2D eigenvalue weighted by atomic mass is 9.84. The number of carbonyl (C=O) groups excluding carboxylic acids is 2. The van der Waals surface area contributed by atoms with Crippen LogP contribution in [0.1, 0.15) is 104 Å². The third-order valence-electron chi connectivity index (χ3n) is 11.1. The van der Waals surface area contributed by atoms with Gasteiger partial charge in [0.25, 0.3) is 0 Å². The average Bonchev–Trinajstić information content (AvgIpc) is 3.84. The first-order valence-corrected chi connectivity index (χ1v) is 17.7. The molecule has 0 unspecified atom stereocenters. The molecule has 0 spiro atoms. The number of ether oxygens (including phenoxy) is 4. The molecule has 8 atom stereocenters. The fourth-order valence-electron chi connectivity index (χ4n) is 7.88. The molecule has 8 nitrogen and oxygen atoms in total. The summed E-state index contributed by atoms with van der Waals surface area (Å²) in [5.41, 5.74) is 3.27. The Morgan fingerprint density at radius 3 is 1.57 bits per heavy atom. The Morgan fingerprint density at radius 2 is 1.13 bits per heavy atom. The second kappa shape index (κ2) is 14.1. The first kappa shape index (κ1) is 33.1. The summed E-state index contributed by atoms with van der Waals surface area (Å²) in [5.74, 6) is -0.470. The van der Waals surface area contributed by atoms with Gasteiger partial charge >= 0.3 is 11.9 Å². The normalized spacial score (nSPS) is 39.8. The van der Waals surface area contributed by atoms with Gasteiger partial charge in [-0.25, -0.2) is 9.59 Å². The van der Waals surface area contributed by atoms with Crippen molar-refractivity contribution in [2.45, 2.75) is 139 Å². The number of rotatable bonds is 11. The highest BCUT2D eigenvalue weighted by atomic mass is 16.7. The number of allylic oxidation sites excluding steroid dienone is 4. The zero-order valence-corrected chi connectivity index (χ0v) is 27.8. The summed E-state index contributed by atoms with van der Waals surface area (Å²) in [6, 6.07) is 0. The number of aliphatic imine (C=N–C) groups is 2. The SMILES string of the molecule is C=C1C(=O)O[C@H]2[C@H]1CC/C(C=NCCCCCCCCN=C/C1=C/CC[C@@]3(C)O[C@H]3[C@H]3OC(=O)C(=C)[C@@H]3CC1)=C\CC[C@@]1(C)O[C@@H]21. The van der Waals surface area contributed by atoms with Gasteiger partial charge in [-0.2, -0.15) is 0 Å². The smallest absolute Gasteiger partial charge is 0.334 e. The van der Waals surface area contributed by atoms with Gasteiger partial charge in [0, 0.05) is 48.5 Å². The molecular weight excluding hydrogens is 580 g/mol. The maximum absolute atomic E-state index is 12.2. The van der Waals surface area contributed by atoms with E-state index in [4.69, 9.17) is 28.9 Å². The van der Waals surface area contributed by atoms with Crippen molar-refractivity contribution in [3.8, 4) is 0 Å². The molecule has 8 heteroatoms. The molecule has 4 fully saturated rings. The monoisotopic (exact) mass is 632 g/mol. The molecule has 0 bridgehead atoms. The van der Waals surface area contributed by atoms with Crippen LogP contribution in [0.4, 0.5) is 0 Å². The molecule has 4 saturated heterocycles. The van der Waals surface area contributed by atoms with Crippen molar-refractivity contribution in [2.75, 3.05) is 13.1 Å². The van der Waals surface area contributed by atoms with Gasteiger partial charge in [0.2, 0.25) is 0 Å². The van der Waals surface area contributed by atoms with Crippen LogP contribution >= 0.6 is 0 Å². The Morgan fingerprint density at radius 1 is 0.717 bits per heavy atom. The van der Waals surface area contributed by atoms with Crippen LogP contribution in [-0.4, -0.2) is 73.1 Å². The van der Waals surface area contributed by atoms with Crippen LogP contribution in [0.5, 0.6) is 0 Å². The average molecular weight is 633 g/mol. The van der Waals surface area contributed by atoms with E-state index in [9.17, 15) is 9.59 Å². The summed E-state index contributed by atoms with van der Waals surface area (Å²) >= 11 is 0. The Bertz CT molecular complexity index is 1230. The number of hydrogen-bond acceptors (Lipinski definition) is 8. The predicted molar refractivity (Wildman–Crippen MR) is 179 cm³/mol. The Hall–Kier alpha value is -2.84. The summed E-state index contributed by atoms with van der Waals surface area (Å²) in [6.07, 6.45) is 22.5. The van der Waals surface area contributed by atoms with Crippen molar-refractivity contribution >= 4 is 24.4 Å². The summed E-state index contributed by atoms with van der Waals surface area (Å²) in [6.45, 7) is 14.0. The number of unbranched alkanes of at least 4 members (excludes halogenated alkanes) is 5. The molecule has 0 aromatic carbocycles. The van der Waals surface area contributed by atoms with Crippen molar-refractivity contribution in [2.24, 2.45) is 21.8 Å². The third-order valence-corrected chi connectivity index (χ3v) is 11.1. The highest BCUT2D eigenvalue weighted by Crippen LogP contribution is 2.51. The number of carbonyl (C=O) groups is 2. The van der Waals surface area contributed by atoms with Gasteiger partial charge < -0.3 is 18.9 Å². The fraction of sp³-hybridized carbons (Fsp3) is 0.684. The molecule has 0 radical (unpaired) electrons. The molecule has 4 heterocycles. The summed E-state index contributed by atoms with van der Waals surface area (Å²) in [7, 11) is 0. The van der Waals surface area contributed by atoms with Gasteiger partial charge in [0.15, 0.2) is 0 Å². The van der Waals surface area contributed by atoms with Crippen LogP contribution in [0.15, 0.2) is 57.6 Å². The minimum absolute atomic E-state index is 0.00202. The van der Waals surface area contributed by atoms with Crippen molar-refractivity contribution in [1.82, 2.24) is 0 Å². The first-order valence-electron chi connectivity index (χ1n) is 17.7. The largest absolute Gasteiger partial charge is 0.455 e. The molecule has 250 valence electrons. The quantitative estimate of drug-likeness (QED) is 0.0801. The fourth-order valence-corrected chi connectivity index (χ4v) is 7.88. The van der Waals surface area contributed by atoms with Crippen molar-refractivity contribution < 1.29 is 28.5 Å². The minimum Gasteiger partial charge on any atom is -0.455 e. The van der Waals surface area contributed by atoms with Gasteiger partial charge in [-0.15, -0.1) is 0 Å². The van der Waals surface area contributed by atoms with Gasteiger partial charge in [-0.05, 0) is 89.2 Å². The lowest BCUT2D eigenvalue weighted by Crippen LogP contribution is -2.28. The van der Waals surface area contributed by atoms with E-state index in [2.05, 4.69) is 39.2 Å². The van der Waals surface area contributed by atoms with Gasteiger partial charge in [0.05, 0.1) is 11.2 Å². The number of nitrogens with zero attached hydrogens (tertiary/aromatic N) is 2. The molecule has 6 rings (SSSR count). The van der Waals surface area contributed by atoms with E-state index in [0.29, 0.717) is 11.1 Å². The Kier molecular flexibility index (Phi) is 10.1. The molecule has 4 aliphatic heterocycles. The second-order valence-electron chi connectivity index (χ2n) is 14.6. The molecule has 0 aromatic rings. The van der Waals surface area contributed by atoms with Crippen LogP contribution in [-0.2, 0) is 28.5 Å². The van der Waals surface area contributed by atoms with Crippen LogP contribution in [0.25, 0.3) is 0 Å². The molecular formula is C38H52N2O6. The predicted octanol–water partition coefficient (Wildman–Crippen LogP) is 6.98. The van der Waals surface area contributed by atoms with Crippen LogP contribution < -0.4 is 0 Å². The van der Waals surface area contributed by atoms with Crippen molar-refractivity contribution in [3.05, 3.63) is 47.6 Å². The molecule has 6 aliphatic rings. The number of fused-ring (bicyclic) bond motifs is 6. The summed E-state index contributed by atoms with van der Waals surface area (Å²) in [5, 5.41) is 0. The summed E-state index contributed by atoms with van der Waals surface area (Å²) < 4.78 is 23.3. The third kappa shape index (κ3) is 7.49. The van der Waals surface area contributed by atoms with E-state index in [1.165, 1.54) is 36.8 Å². The second-order valence-corrected chi connectivity index (χ2v) is 14.6. The zero-order chi connectivity index (χ0) is 32.3. The maximum atomic E-state index is 12.2. The van der Waals surface area contributed by atoms with Crippen molar-refractivity contribution in [3.63, 3.8) is 0 Å². The van der Waals surface area contributed by atoms with E-state index in [0.717, 1.165) is 77.3 Å².